The normalized spacial score (nSPS) is 21.3. The van der Waals surface area contributed by atoms with Crippen LogP contribution in [0, 0.1) is 5.92 Å². The first kappa shape index (κ1) is 10.6. The second kappa shape index (κ2) is 6.03. The van der Waals surface area contributed by atoms with Gasteiger partial charge in [-0.25, -0.2) is 0 Å². The van der Waals surface area contributed by atoms with Crippen molar-refractivity contribution in [2.45, 2.75) is 39.2 Å². The van der Waals surface area contributed by atoms with Crippen LogP contribution in [0.3, 0.4) is 0 Å². The quantitative estimate of drug-likeness (QED) is 0.345. The van der Waals surface area contributed by atoms with Gasteiger partial charge in [0.25, 0.3) is 0 Å². The van der Waals surface area contributed by atoms with E-state index in [4.69, 9.17) is 9.47 Å². The molecule has 1 heterocycles. The molecule has 0 aliphatic carbocycles. The number of rotatable bonds is 7. The van der Waals surface area contributed by atoms with E-state index in [2.05, 4.69) is 19.9 Å². The summed E-state index contributed by atoms with van der Waals surface area (Å²) >= 11 is 0. The van der Waals surface area contributed by atoms with Gasteiger partial charge in [-0.1, -0.05) is 20.3 Å². The van der Waals surface area contributed by atoms with Crippen molar-refractivity contribution in [2.75, 3.05) is 13.2 Å². The fourth-order valence-corrected chi connectivity index (χ4v) is 1.11. The standard InChI is InChI=1S/C11H20O2/c1-10(2)6-4-3-5-7-12-8-11-9-13-11/h5,7,10-11H,3-4,6,8-9H2,1-2H3. The second-order valence-electron chi connectivity index (χ2n) is 3.99. The van der Waals surface area contributed by atoms with E-state index in [0.717, 1.165) is 25.6 Å². The van der Waals surface area contributed by atoms with E-state index in [1.54, 1.807) is 0 Å². The molecular formula is C11H20O2. The van der Waals surface area contributed by atoms with E-state index in [0.29, 0.717) is 6.10 Å². The number of allylic oxidation sites excluding steroid dienone is 1. The predicted octanol–water partition coefficient (Wildman–Crippen LogP) is 2.74. The first-order valence-corrected chi connectivity index (χ1v) is 5.17. The molecule has 1 saturated heterocycles. The fourth-order valence-electron chi connectivity index (χ4n) is 1.11. The molecule has 0 aromatic heterocycles. The van der Waals surface area contributed by atoms with Gasteiger partial charge >= 0.3 is 0 Å². The average molecular weight is 184 g/mol. The van der Waals surface area contributed by atoms with Crippen LogP contribution in [0.4, 0.5) is 0 Å². The summed E-state index contributed by atoms with van der Waals surface area (Å²) in [5.41, 5.74) is 0. The summed E-state index contributed by atoms with van der Waals surface area (Å²) in [5, 5.41) is 0. The van der Waals surface area contributed by atoms with Crippen molar-refractivity contribution in [3.63, 3.8) is 0 Å². The SMILES string of the molecule is CC(C)CCCC=COCC1CO1. The van der Waals surface area contributed by atoms with Gasteiger partial charge < -0.3 is 9.47 Å². The highest BCUT2D eigenvalue weighted by Crippen LogP contribution is 2.09. The third-order valence-electron chi connectivity index (χ3n) is 2.03. The number of epoxide rings is 1. The summed E-state index contributed by atoms with van der Waals surface area (Å²) in [5.74, 6) is 0.814. The molecule has 13 heavy (non-hydrogen) atoms. The van der Waals surface area contributed by atoms with Crippen molar-refractivity contribution in [2.24, 2.45) is 5.92 Å². The van der Waals surface area contributed by atoms with Gasteiger partial charge in [0.1, 0.15) is 12.7 Å². The van der Waals surface area contributed by atoms with Crippen LogP contribution in [0.1, 0.15) is 33.1 Å². The van der Waals surface area contributed by atoms with E-state index in [1.807, 2.05) is 6.26 Å². The van der Waals surface area contributed by atoms with Crippen LogP contribution in [-0.4, -0.2) is 19.3 Å². The van der Waals surface area contributed by atoms with Gasteiger partial charge in [-0.15, -0.1) is 0 Å². The molecule has 2 heteroatoms. The van der Waals surface area contributed by atoms with Crippen molar-refractivity contribution in [3.05, 3.63) is 12.3 Å². The smallest absolute Gasteiger partial charge is 0.116 e. The number of unbranched alkanes of at least 4 members (excludes halogenated alkanes) is 1. The largest absolute Gasteiger partial charge is 0.499 e. The summed E-state index contributed by atoms with van der Waals surface area (Å²) in [6.45, 7) is 6.11. The Morgan fingerprint density at radius 2 is 2.31 bits per heavy atom. The number of hydrogen-bond donors (Lipinski definition) is 0. The maximum atomic E-state index is 5.26. The summed E-state index contributed by atoms with van der Waals surface area (Å²) < 4.78 is 10.3. The zero-order valence-corrected chi connectivity index (χ0v) is 8.66. The monoisotopic (exact) mass is 184 g/mol. The van der Waals surface area contributed by atoms with Crippen LogP contribution in [0.25, 0.3) is 0 Å². The van der Waals surface area contributed by atoms with Gasteiger partial charge in [0, 0.05) is 0 Å². The summed E-state index contributed by atoms with van der Waals surface area (Å²) in [6, 6.07) is 0. The van der Waals surface area contributed by atoms with Gasteiger partial charge in [0.2, 0.25) is 0 Å². The molecule has 0 N–H and O–H groups in total. The Labute approximate surface area is 80.9 Å². The summed E-state index contributed by atoms with van der Waals surface area (Å²) in [6.07, 6.45) is 7.98. The third-order valence-corrected chi connectivity index (χ3v) is 2.03. The second-order valence-corrected chi connectivity index (χ2v) is 3.99. The predicted molar refractivity (Wildman–Crippen MR) is 53.5 cm³/mol. The minimum absolute atomic E-state index is 0.375. The van der Waals surface area contributed by atoms with E-state index in [1.165, 1.54) is 12.8 Å². The van der Waals surface area contributed by atoms with Gasteiger partial charge in [0.05, 0.1) is 12.9 Å². The molecule has 0 aromatic rings. The van der Waals surface area contributed by atoms with Gasteiger partial charge in [-0.3, -0.25) is 0 Å². The maximum Gasteiger partial charge on any atom is 0.116 e. The number of ether oxygens (including phenoxy) is 2. The Hall–Kier alpha value is -0.500. The molecule has 1 unspecified atom stereocenters. The molecule has 0 amide bonds. The molecule has 1 aliphatic heterocycles. The molecule has 2 nitrogen and oxygen atoms in total. The average Bonchev–Trinajstić information content (AvgIpc) is 2.86. The molecule has 1 atom stereocenters. The van der Waals surface area contributed by atoms with Crippen molar-refractivity contribution in [1.29, 1.82) is 0 Å². The van der Waals surface area contributed by atoms with E-state index in [-0.39, 0.29) is 0 Å². The van der Waals surface area contributed by atoms with E-state index in [9.17, 15) is 0 Å². The lowest BCUT2D eigenvalue weighted by Gasteiger charge is -2.00. The lowest BCUT2D eigenvalue weighted by molar-refractivity contribution is 0.211. The van der Waals surface area contributed by atoms with Crippen molar-refractivity contribution in [3.8, 4) is 0 Å². The highest BCUT2D eigenvalue weighted by Gasteiger charge is 2.22. The molecule has 0 aromatic carbocycles. The lowest BCUT2D eigenvalue weighted by atomic mass is 10.1. The van der Waals surface area contributed by atoms with Crippen LogP contribution in [0.2, 0.25) is 0 Å². The molecule has 1 aliphatic rings. The molecule has 0 spiro atoms. The van der Waals surface area contributed by atoms with E-state index < -0.39 is 0 Å². The summed E-state index contributed by atoms with van der Waals surface area (Å²) in [7, 11) is 0. The zero-order valence-electron chi connectivity index (χ0n) is 8.66. The van der Waals surface area contributed by atoms with Gasteiger partial charge in [-0.05, 0) is 24.8 Å². The first-order valence-electron chi connectivity index (χ1n) is 5.17. The molecule has 76 valence electrons. The molecule has 1 rings (SSSR count). The Morgan fingerprint density at radius 1 is 1.54 bits per heavy atom. The minimum Gasteiger partial charge on any atom is -0.499 e. The summed E-state index contributed by atoms with van der Waals surface area (Å²) in [4.78, 5) is 0. The minimum atomic E-state index is 0.375. The third kappa shape index (κ3) is 6.64. The van der Waals surface area contributed by atoms with E-state index >= 15 is 0 Å². The van der Waals surface area contributed by atoms with Crippen LogP contribution >= 0.6 is 0 Å². The van der Waals surface area contributed by atoms with Crippen LogP contribution in [0.15, 0.2) is 12.3 Å². The Morgan fingerprint density at radius 3 is 2.92 bits per heavy atom. The van der Waals surface area contributed by atoms with Gasteiger partial charge in [0.15, 0.2) is 0 Å². The molecular weight excluding hydrogens is 164 g/mol. The molecule has 1 fully saturated rings. The van der Waals surface area contributed by atoms with Crippen molar-refractivity contribution >= 4 is 0 Å². The lowest BCUT2D eigenvalue weighted by Crippen LogP contribution is -1.95. The highest BCUT2D eigenvalue weighted by molar-refractivity contribution is 4.76. The maximum absolute atomic E-state index is 5.26. The molecule has 0 bridgehead atoms. The van der Waals surface area contributed by atoms with Crippen molar-refractivity contribution in [1.82, 2.24) is 0 Å². The first-order chi connectivity index (χ1) is 6.29. The Balaban J connectivity index is 1.80. The fraction of sp³-hybridized carbons (Fsp3) is 0.818. The highest BCUT2D eigenvalue weighted by atomic mass is 16.6. The Kier molecular flexibility index (Phi) is 4.91. The van der Waals surface area contributed by atoms with Gasteiger partial charge in [-0.2, -0.15) is 0 Å². The zero-order chi connectivity index (χ0) is 9.52. The molecule has 0 saturated carbocycles. The Bertz CT molecular complexity index is 148. The van der Waals surface area contributed by atoms with Crippen LogP contribution in [-0.2, 0) is 9.47 Å². The topological polar surface area (TPSA) is 21.8 Å². The number of hydrogen-bond acceptors (Lipinski definition) is 2. The van der Waals surface area contributed by atoms with Crippen LogP contribution in [0.5, 0.6) is 0 Å². The molecule has 0 radical (unpaired) electrons. The van der Waals surface area contributed by atoms with Crippen molar-refractivity contribution < 1.29 is 9.47 Å². The van der Waals surface area contributed by atoms with Crippen LogP contribution < -0.4 is 0 Å².